The highest BCUT2D eigenvalue weighted by Crippen LogP contribution is 2.26. The maximum atomic E-state index is 13.0. The lowest BCUT2D eigenvalue weighted by atomic mass is 9.97. The molecule has 0 aliphatic carbocycles. The highest BCUT2D eigenvalue weighted by atomic mass is 32.2. The number of hydrogen-bond donors (Lipinski definition) is 1. The number of Topliss-reactive ketones (excluding diaryl/α,β-unsaturated/α-hetero) is 1. The highest BCUT2D eigenvalue weighted by Gasteiger charge is 2.33. The molecule has 0 radical (unpaired) electrons. The van der Waals surface area contributed by atoms with Crippen molar-refractivity contribution in [2.24, 2.45) is 5.92 Å². The molecule has 1 aliphatic rings. The number of carbonyl (C=O) groups excluding carboxylic acids is 2. The van der Waals surface area contributed by atoms with Gasteiger partial charge in [-0.25, -0.2) is 13.4 Å². The number of nitrogens with zero attached hydrogens (tertiary/aromatic N) is 3. The number of rotatable bonds is 7. The van der Waals surface area contributed by atoms with Gasteiger partial charge in [-0.2, -0.15) is 4.31 Å². The molecule has 1 atom stereocenters. The Bertz CT molecular complexity index is 1310. The average Bonchev–Trinajstić information content (AvgIpc) is 3.23. The molecular formula is C25H30N4O4S. The third-order valence-electron chi connectivity index (χ3n) is 6.47. The smallest absolute Gasteiger partial charge is 0.243 e. The SMILES string of the molecule is CCn1c(C(C)NC(=O)C2CCN(S(=O)(=O)c3ccc(C(C)=O)cc3)CC2)nc2ccccc21. The lowest BCUT2D eigenvalue weighted by Gasteiger charge is -2.31. The minimum absolute atomic E-state index is 0.0786. The average molecular weight is 483 g/mol. The summed E-state index contributed by atoms with van der Waals surface area (Å²) in [5.41, 5.74) is 2.41. The summed E-state index contributed by atoms with van der Waals surface area (Å²) in [6.07, 6.45) is 0.904. The first kappa shape index (κ1) is 24.1. The van der Waals surface area contributed by atoms with E-state index in [1.54, 1.807) is 0 Å². The van der Waals surface area contributed by atoms with Gasteiger partial charge < -0.3 is 9.88 Å². The molecule has 1 amide bonds. The molecule has 34 heavy (non-hydrogen) atoms. The molecule has 1 aromatic heterocycles. The Balaban J connectivity index is 1.39. The van der Waals surface area contributed by atoms with E-state index in [1.165, 1.54) is 35.5 Å². The van der Waals surface area contributed by atoms with E-state index in [1.807, 2.05) is 31.2 Å². The molecule has 8 nitrogen and oxygen atoms in total. The summed E-state index contributed by atoms with van der Waals surface area (Å²) in [5, 5.41) is 3.08. The van der Waals surface area contributed by atoms with E-state index in [0.717, 1.165) is 23.4 Å². The van der Waals surface area contributed by atoms with Crippen LogP contribution in [0.1, 0.15) is 55.8 Å². The number of nitrogens with one attached hydrogen (secondary N) is 1. The third-order valence-corrected chi connectivity index (χ3v) is 8.38. The Hall–Kier alpha value is -3.04. The van der Waals surface area contributed by atoms with Gasteiger partial charge in [-0.3, -0.25) is 9.59 Å². The maximum absolute atomic E-state index is 13.0. The molecule has 0 saturated carbocycles. The fourth-order valence-electron chi connectivity index (χ4n) is 4.52. The van der Waals surface area contributed by atoms with Crippen LogP contribution < -0.4 is 5.32 Å². The van der Waals surface area contributed by atoms with Crippen LogP contribution >= 0.6 is 0 Å². The summed E-state index contributed by atoms with van der Waals surface area (Å²) in [7, 11) is -3.67. The second-order valence-electron chi connectivity index (χ2n) is 8.69. The molecule has 1 unspecified atom stereocenters. The fraction of sp³-hybridized carbons (Fsp3) is 0.400. The molecular weight excluding hydrogens is 452 g/mol. The molecule has 2 aromatic carbocycles. The monoisotopic (exact) mass is 482 g/mol. The number of hydrogen-bond acceptors (Lipinski definition) is 5. The van der Waals surface area contributed by atoms with Crippen LogP contribution in [0.3, 0.4) is 0 Å². The zero-order chi connectivity index (χ0) is 24.5. The number of imidazole rings is 1. The number of para-hydroxylation sites is 2. The molecule has 1 N–H and O–H groups in total. The molecule has 4 rings (SSSR count). The van der Waals surface area contributed by atoms with Crippen LogP contribution in [0.25, 0.3) is 11.0 Å². The van der Waals surface area contributed by atoms with E-state index in [-0.39, 0.29) is 41.6 Å². The molecule has 1 fully saturated rings. The van der Waals surface area contributed by atoms with Crippen molar-refractivity contribution in [1.82, 2.24) is 19.2 Å². The van der Waals surface area contributed by atoms with Crippen molar-refractivity contribution in [1.29, 1.82) is 0 Å². The van der Waals surface area contributed by atoms with Crippen LogP contribution in [0.15, 0.2) is 53.4 Å². The number of aromatic nitrogens is 2. The number of amides is 1. The van der Waals surface area contributed by atoms with Crippen molar-refractivity contribution in [3.8, 4) is 0 Å². The van der Waals surface area contributed by atoms with E-state index in [9.17, 15) is 18.0 Å². The van der Waals surface area contributed by atoms with Crippen molar-refractivity contribution in [2.75, 3.05) is 13.1 Å². The molecule has 0 spiro atoms. The zero-order valence-corrected chi connectivity index (χ0v) is 20.5. The quantitative estimate of drug-likeness (QED) is 0.519. The van der Waals surface area contributed by atoms with Crippen LogP contribution in [0, 0.1) is 5.92 Å². The van der Waals surface area contributed by atoms with Crippen molar-refractivity contribution in [3.63, 3.8) is 0 Å². The number of carbonyl (C=O) groups is 2. The van der Waals surface area contributed by atoms with Crippen LogP contribution in [0.2, 0.25) is 0 Å². The van der Waals surface area contributed by atoms with Gasteiger partial charge in [-0.15, -0.1) is 0 Å². The Morgan fingerprint density at radius 2 is 1.74 bits per heavy atom. The van der Waals surface area contributed by atoms with Gasteiger partial charge in [0.25, 0.3) is 0 Å². The number of aryl methyl sites for hydroxylation is 1. The maximum Gasteiger partial charge on any atom is 0.243 e. The van der Waals surface area contributed by atoms with Gasteiger partial charge in [-0.1, -0.05) is 24.3 Å². The summed E-state index contributed by atoms with van der Waals surface area (Å²) < 4.78 is 29.5. The Morgan fingerprint density at radius 1 is 1.09 bits per heavy atom. The molecule has 9 heteroatoms. The first-order chi connectivity index (χ1) is 16.2. The molecule has 1 saturated heterocycles. The van der Waals surface area contributed by atoms with Gasteiger partial charge in [0.05, 0.1) is 22.0 Å². The number of sulfonamides is 1. The number of piperidine rings is 1. The lowest BCUT2D eigenvalue weighted by molar-refractivity contribution is -0.126. The molecule has 0 bridgehead atoms. The van der Waals surface area contributed by atoms with Crippen molar-refractivity contribution < 1.29 is 18.0 Å². The van der Waals surface area contributed by atoms with E-state index < -0.39 is 10.0 Å². The van der Waals surface area contributed by atoms with Gasteiger partial charge in [-0.05, 0) is 57.9 Å². The first-order valence-corrected chi connectivity index (χ1v) is 13.0. The largest absolute Gasteiger partial charge is 0.346 e. The predicted octanol–water partition coefficient (Wildman–Crippen LogP) is 3.54. The Labute approximate surface area is 200 Å². The van der Waals surface area contributed by atoms with Crippen LogP contribution in [0.4, 0.5) is 0 Å². The summed E-state index contributed by atoms with van der Waals surface area (Å²) in [6.45, 7) is 6.72. The molecule has 3 aromatic rings. The second-order valence-corrected chi connectivity index (χ2v) is 10.6. The predicted molar refractivity (Wildman–Crippen MR) is 130 cm³/mol. The van der Waals surface area contributed by atoms with Gasteiger partial charge >= 0.3 is 0 Å². The third kappa shape index (κ3) is 4.63. The van der Waals surface area contributed by atoms with E-state index in [4.69, 9.17) is 4.98 Å². The van der Waals surface area contributed by atoms with Gasteiger partial charge in [0.1, 0.15) is 5.82 Å². The first-order valence-electron chi connectivity index (χ1n) is 11.6. The van der Waals surface area contributed by atoms with Gasteiger partial charge in [0.2, 0.25) is 15.9 Å². The van der Waals surface area contributed by atoms with Crippen LogP contribution in [0.5, 0.6) is 0 Å². The molecule has 180 valence electrons. The number of ketones is 1. The summed E-state index contributed by atoms with van der Waals surface area (Å²) in [4.78, 5) is 29.3. The minimum atomic E-state index is -3.67. The van der Waals surface area contributed by atoms with Crippen LogP contribution in [-0.2, 0) is 21.4 Å². The fourth-order valence-corrected chi connectivity index (χ4v) is 5.99. The number of benzene rings is 2. The minimum Gasteiger partial charge on any atom is -0.346 e. The lowest BCUT2D eigenvalue weighted by Crippen LogP contribution is -2.43. The normalized spacial score (nSPS) is 16.4. The van der Waals surface area contributed by atoms with E-state index in [2.05, 4.69) is 16.8 Å². The summed E-state index contributed by atoms with van der Waals surface area (Å²) in [5.74, 6) is 0.365. The number of fused-ring (bicyclic) bond motifs is 1. The summed E-state index contributed by atoms with van der Waals surface area (Å²) in [6, 6.07) is 13.6. The second kappa shape index (κ2) is 9.68. The van der Waals surface area contributed by atoms with Gasteiger partial charge in [0, 0.05) is 31.1 Å². The van der Waals surface area contributed by atoms with Crippen molar-refractivity contribution >= 4 is 32.7 Å². The van der Waals surface area contributed by atoms with Crippen molar-refractivity contribution in [2.45, 2.75) is 51.1 Å². The Morgan fingerprint density at radius 3 is 2.35 bits per heavy atom. The topological polar surface area (TPSA) is 101 Å². The zero-order valence-electron chi connectivity index (χ0n) is 19.7. The van der Waals surface area contributed by atoms with E-state index >= 15 is 0 Å². The van der Waals surface area contributed by atoms with Crippen molar-refractivity contribution in [3.05, 3.63) is 59.9 Å². The summed E-state index contributed by atoms with van der Waals surface area (Å²) >= 11 is 0. The Kier molecular flexibility index (Phi) is 6.86. The van der Waals surface area contributed by atoms with Gasteiger partial charge in [0.15, 0.2) is 5.78 Å². The standard InChI is InChI=1S/C25H30N4O4S/c1-4-29-23-8-6-5-7-22(23)27-24(29)17(2)26-25(31)20-13-15-28(16-14-20)34(32,33)21-11-9-19(10-12-21)18(3)30/h5-12,17,20H,4,13-16H2,1-3H3,(H,26,31). The van der Waals surface area contributed by atoms with E-state index in [0.29, 0.717) is 18.4 Å². The van der Waals surface area contributed by atoms with Crippen LogP contribution in [-0.4, -0.2) is 47.1 Å². The molecule has 1 aliphatic heterocycles. The molecule has 2 heterocycles. The highest BCUT2D eigenvalue weighted by molar-refractivity contribution is 7.89.